The Morgan fingerprint density at radius 3 is 2.60 bits per heavy atom. The van der Waals surface area contributed by atoms with E-state index in [0.717, 1.165) is 0 Å². The molecule has 2 atom stereocenters. The number of amides is 1. The summed E-state index contributed by atoms with van der Waals surface area (Å²) in [6.45, 7) is 3.97. The highest BCUT2D eigenvalue weighted by atomic mass is 16.5. The molecule has 0 aliphatic heterocycles. The van der Waals surface area contributed by atoms with Crippen molar-refractivity contribution in [1.29, 1.82) is 0 Å². The van der Waals surface area contributed by atoms with E-state index >= 15 is 0 Å². The van der Waals surface area contributed by atoms with Crippen LogP contribution in [-0.4, -0.2) is 50.1 Å². The molecule has 0 rings (SSSR count). The first-order valence-electron chi connectivity index (χ1n) is 4.95. The van der Waals surface area contributed by atoms with Gasteiger partial charge in [0.1, 0.15) is 6.10 Å². The minimum Gasteiger partial charge on any atom is -0.388 e. The second-order valence-corrected chi connectivity index (χ2v) is 3.84. The van der Waals surface area contributed by atoms with Gasteiger partial charge in [-0.05, 0) is 13.8 Å². The lowest BCUT2D eigenvalue weighted by atomic mass is 10.0. The normalized spacial score (nSPS) is 16.9. The molecule has 0 heterocycles. The minimum atomic E-state index is -0.945. The molecule has 0 bridgehead atoms. The molecule has 90 valence electrons. The van der Waals surface area contributed by atoms with Crippen LogP contribution >= 0.6 is 0 Å². The molecular weight excluding hydrogens is 198 g/mol. The second-order valence-electron chi connectivity index (χ2n) is 3.84. The number of carbonyl (C=O) groups excluding carboxylic acids is 1. The van der Waals surface area contributed by atoms with Crippen molar-refractivity contribution in [3.05, 3.63) is 0 Å². The van der Waals surface area contributed by atoms with E-state index in [9.17, 15) is 9.90 Å². The van der Waals surface area contributed by atoms with Crippen LogP contribution < -0.4 is 5.32 Å². The minimum absolute atomic E-state index is 0.197. The van der Waals surface area contributed by atoms with Gasteiger partial charge in [-0.15, -0.1) is 0 Å². The van der Waals surface area contributed by atoms with E-state index in [1.54, 1.807) is 21.0 Å². The summed E-state index contributed by atoms with van der Waals surface area (Å²) < 4.78 is 9.70. The highest BCUT2D eigenvalue weighted by molar-refractivity contribution is 5.80. The number of carbonyl (C=O) groups is 1. The largest absolute Gasteiger partial charge is 0.388 e. The SMILES string of the molecule is COCCC(C)(O)CNC(=O)C(C)OC. The van der Waals surface area contributed by atoms with Crippen molar-refractivity contribution in [3.63, 3.8) is 0 Å². The van der Waals surface area contributed by atoms with Gasteiger partial charge in [0.25, 0.3) is 0 Å². The molecule has 2 N–H and O–H groups in total. The number of methoxy groups -OCH3 is 2. The predicted octanol–water partition coefficient (Wildman–Crippen LogP) is -0.0750. The highest BCUT2D eigenvalue weighted by Gasteiger charge is 2.22. The van der Waals surface area contributed by atoms with Crippen molar-refractivity contribution in [3.8, 4) is 0 Å². The van der Waals surface area contributed by atoms with Crippen molar-refractivity contribution >= 4 is 5.91 Å². The average Bonchev–Trinajstić information content (AvgIpc) is 2.22. The Morgan fingerprint density at radius 1 is 1.53 bits per heavy atom. The van der Waals surface area contributed by atoms with E-state index in [1.807, 2.05) is 0 Å². The van der Waals surface area contributed by atoms with Gasteiger partial charge < -0.3 is 19.9 Å². The zero-order chi connectivity index (χ0) is 11.9. The first kappa shape index (κ1) is 14.3. The van der Waals surface area contributed by atoms with E-state index in [0.29, 0.717) is 13.0 Å². The fraction of sp³-hybridized carbons (Fsp3) is 0.900. The third kappa shape index (κ3) is 6.43. The Bertz CT molecular complexity index is 194. The van der Waals surface area contributed by atoms with Crippen LogP contribution in [0, 0.1) is 0 Å². The van der Waals surface area contributed by atoms with Gasteiger partial charge in [0.2, 0.25) is 5.91 Å². The molecule has 0 saturated carbocycles. The van der Waals surface area contributed by atoms with Crippen LogP contribution in [0.1, 0.15) is 20.3 Å². The number of hydrogen-bond donors (Lipinski definition) is 2. The monoisotopic (exact) mass is 219 g/mol. The maximum Gasteiger partial charge on any atom is 0.248 e. The fourth-order valence-electron chi connectivity index (χ4n) is 0.939. The van der Waals surface area contributed by atoms with Crippen LogP contribution in [0.2, 0.25) is 0 Å². The lowest BCUT2D eigenvalue weighted by Gasteiger charge is -2.24. The molecule has 0 aromatic carbocycles. The molecule has 0 aromatic heterocycles. The summed E-state index contributed by atoms with van der Waals surface area (Å²) in [5.41, 5.74) is -0.945. The molecule has 5 heteroatoms. The van der Waals surface area contributed by atoms with Crippen LogP contribution in [0.4, 0.5) is 0 Å². The van der Waals surface area contributed by atoms with E-state index in [2.05, 4.69) is 5.32 Å². The van der Waals surface area contributed by atoms with Crippen LogP contribution in [0.5, 0.6) is 0 Å². The Hall–Kier alpha value is -0.650. The molecular formula is C10H21NO4. The lowest BCUT2D eigenvalue weighted by Crippen LogP contribution is -2.44. The van der Waals surface area contributed by atoms with Crippen LogP contribution in [0.3, 0.4) is 0 Å². The Balaban J connectivity index is 3.86. The highest BCUT2D eigenvalue weighted by Crippen LogP contribution is 2.07. The first-order chi connectivity index (χ1) is 6.93. The average molecular weight is 219 g/mol. The number of aliphatic hydroxyl groups is 1. The summed E-state index contributed by atoms with van der Waals surface area (Å²) in [6, 6.07) is 0. The van der Waals surface area contributed by atoms with Gasteiger partial charge in [-0.3, -0.25) is 4.79 Å². The number of hydrogen-bond acceptors (Lipinski definition) is 4. The summed E-state index contributed by atoms with van der Waals surface area (Å²) in [7, 11) is 3.04. The summed E-state index contributed by atoms with van der Waals surface area (Å²) in [6.07, 6.45) is -0.0197. The molecule has 0 fully saturated rings. The van der Waals surface area contributed by atoms with Crippen molar-refractivity contribution in [2.75, 3.05) is 27.4 Å². The first-order valence-corrected chi connectivity index (χ1v) is 4.95. The van der Waals surface area contributed by atoms with E-state index in [-0.39, 0.29) is 12.5 Å². The van der Waals surface area contributed by atoms with Crippen molar-refractivity contribution < 1.29 is 19.4 Å². The summed E-state index contributed by atoms with van der Waals surface area (Å²) >= 11 is 0. The lowest BCUT2D eigenvalue weighted by molar-refractivity contribution is -0.131. The van der Waals surface area contributed by atoms with Crippen LogP contribution in [0.25, 0.3) is 0 Å². The Kier molecular flexibility index (Phi) is 6.47. The molecule has 15 heavy (non-hydrogen) atoms. The third-order valence-corrected chi connectivity index (χ3v) is 2.21. The molecule has 0 aromatic rings. The van der Waals surface area contributed by atoms with E-state index in [4.69, 9.17) is 9.47 Å². The zero-order valence-electron chi connectivity index (χ0n) is 9.87. The predicted molar refractivity (Wildman–Crippen MR) is 56.6 cm³/mol. The van der Waals surface area contributed by atoms with Crippen molar-refractivity contribution in [1.82, 2.24) is 5.32 Å². The zero-order valence-corrected chi connectivity index (χ0v) is 9.87. The van der Waals surface area contributed by atoms with Gasteiger partial charge in [0, 0.05) is 33.8 Å². The third-order valence-electron chi connectivity index (χ3n) is 2.21. The Morgan fingerprint density at radius 2 is 2.13 bits per heavy atom. The molecule has 1 amide bonds. The molecule has 0 radical (unpaired) electrons. The maximum atomic E-state index is 11.3. The van der Waals surface area contributed by atoms with Gasteiger partial charge in [0.05, 0.1) is 5.60 Å². The molecule has 0 saturated heterocycles. The van der Waals surface area contributed by atoms with Gasteiger partial charge in [-0.25, -0.2) is 0 Å². The topological polar surface area (TPSA) is 67.8 Å². The quantitative estimate of drug-likeness (QED) is 0.628. The molecule has 5 nitrogen and oxygen atoms in total. The van der Waals surface area contributed by atoms with Gasteiger partial charge >= 0.3 is 0 Å². The number of nitrogens with one attached hydrogen (secondary N) is 1. The Labute approximate surface area is 90.8 Å². The van der Waals surface area contributed by atoms with E-state index in [1.165, 1.54) is 7.11 Å². The molecule has 0 aliphatic rings. The van der Waals surface area contributed by atoms with Crippen LogP contribution in [0.15, 0.2) is 0 Å². The number of ether oxygens (including phenoxy) is 2. The van der Waals surface area contributed by atoms with Gasteiger partial charge in [-0.2, -0.15) is 0 Å². The van der Waals surface area contributed by atoms with Gasteiger partial charge in [0.15, 0.2) is 0 Å². The smallest absolute Gasteiger partial charge is 0.248 e. The van der Waals surface area contributed by atoms with Crippen molar-refractivity contribution in [2.24, 2.45) is 0 Å². The summed E-state index contributed by atoms with van der Waals surface area (Å²) in [5.74, 6) is -0.227. The maximum absolute atomic E-state index is 11.3. The molecule has 2 unspecified atom stereocenters. The second kappa shape index (κ2) is 6.76. The van der Waals surface area contributed by atoms with Crippen molar-refractivity contribution in [2.45, 2.75) is 32.0 Å². The summed E-state index contributed by atoms with van der Waals surface area (Å²) in [4.78, 5) is 11.3. The van der Waals surface area contributed by atoms with Gasteiger partial charge in [-0.1, -0.05) is 0 Å². The number of rotatable bonds is 7. The van der Waals surface area contributed by atoms with E-state index < -0.39 is 11.7 Å². The standard InChI is InChI=1S/C10H21NO4/c1-8(15-4)9(12)11-7-10(2,13)5-6-14-3/h8,13H,5-7H2,1-4H3,(H,11,12). The summed E-state index contributed by atoms with van der Waals surface area (Å²) in [5, 5.41) is 12.4. The van der Waals surface area contributed by atoms with Crippen LogP contribution in [-0.2, 0) is 14.3 Å². The molecule has 0 spiro atoms. The molecule has 0 aliphatic carbocycles. The fourth-order valence-corrected chi connectivity index (χ4v) is 0.939.